The second kappa shape index (κ2) is 9.47. The van der Waals surface area contributed by atoms with Crippen LogP contribution in [-0.2, 0) is 19.4 Å². The highest BCUT2D eigenvalue weighted by Crippen LogP contribution is 2.33. The molecule has 1 aliphatic rings. The average molecular weight is 428 g/mol. The molecular weight excluding hydrogens is 401 g/mol. The van der Waals surface area contributed by atoms with Crippen LogP contribution in [0.2, 0.25) is 0 Å². The highest BCUT2D eigenvalue weighted by atomic mass is 32.1. The first-order chi connectivity index (χ1) is 14.7. The van der Waals surface area contributed by atoms with Gasteiger partial charge in [-0.1, -0.05) is 25.0 Å². The van der Waals surface area contributed by atoms with Gasteiger partial charge in [-0.05, 0) is 49.1 Å². The van der Waals surface area contributed by atoms with E-state index in [1.54, 1.807) is 12.1 Å². The zero-order valence-corrected chi connectivity index (χ0v) is 17.7. The van der Waals surface area contributed by atoms with Crippen LogP contribution >= 0.6 is 12.6 Å². The van der Waals surface area contributed by atoms with Crippen LogP contribution < -0.4 is 5.32 Å². The molecule has 0 unspecified atom stereocenters. The minimum absolute atomic E-state index is 0.121. The van der Waals surface area contributed by atoms with Crippen LogP contribution in [0.15, 0.2) is 30.5 Å². The number of carbonyl (C=O) groups excluding carboxylic acids is 1. The van der Waals surface area contributed by atoms with Gasteiger partial charge < -0.3 is 5.32 Å². The Labute approximate surface area is 180 Å². The molecular formula is C22H26FN5OS. The van der Waals surface area contributed by atoms with Gasteiger partial charge in [-0.15, -0.1) is 0 Å². The van der Waals surface area contributed by atoms with E-state index in [-0.39, 0.29) is 11.7 Å². The molecule has 158 valence electrons. The minimum Gasteiger partial charge on any atom is -0.351 e. The van der Waals surface area contributed by atoms with Gasteiger partial charge >= 0.3 is 0 Å². The van der Waals surface area contributed by atoms with Gasteiger partial charge in [-0.25, -0.2) is 4.39 Å². The van der Waals surface area contributed by atoms with E-state index in [1.807, 2.05) is 10.9 Å². The smallest absolute Gasteiger partial charge is 0.272 e. The Morgan fingerprint density at radius 3 is 2.77 bits per heavy atom. The van der Waals surface area contributed by atoms with E-state index in [1.165, 1.54) is 12.1 Å². The first-order valence-corrected chi connectivity index (χ1v) is 11.1. The number of aromatic nitrogens is 4. The molecule has 2 heterocycles. The van der Waals surface area contributed by atoms with Crippen LogP contribution in [0.3, 0.4) is 0 Å². The molecule has 0 saturated carbocycles. The Balaban J connectivity index is 1.42. The van der Waals surface area contributed by atoms with Gasteiger partial charge in [0.2, 0.25) is 0 Å². The number of nitrogens with one attached hydrogen (secondary N) is 2. The molecule has 8 heteroatoms. The predicted octanol–water partition coefficient (Wildman–Crippen LogP) is 3.78. The Morgan fingerprint density at radius 1 is 1.17 bits per heavy atom. The van der Waals surface area contributed by atoms with Crippen LogP contribution in [0.1, 0.15) is 53.0 Å². The summed E-state index contributed by atoms with van der Waals surface area (Å²) >= 11 is 4.21. The molecule has 0 aliphatic heterocycles. The van der Waals surface area contributed by atoms with Crippen molar-refractivity contribution in [3.8, 4) is 11.3 Å². The van der Waals surface area contributed by atoms with Crippen LogP contribution in [0, 0.1) is 5.82 Å². The third kappa shape index (κ3) is 4.59. The molecule has 1 aliphatic carbocycles. The number of hydrogen-bond donors (Lipinski definition) is 3. The summed E-state index contributed by atoms with van der Waals surface area (Å²) in [7, 11) is 0. The molecule has 4 rings (SSSR count). The van der Waals surface area contributed by atoms with Crippen LogP contribution in [-0.4, -0.2) is 38.2 Å². The van der Waals surface area contributed by atoms with Gasteiger partial charge in [0.1, 0.15) is 5.82 Å². The van der Waals surface area contributed by atoms with E-state index < -0.39 is 0 Å². The van der Waals surface area contributed by atoms with E-state index in [0.717, 1.165) is 72.4 Å². The van der Waals surface area contributed by atoms with E-state index in [9.17, 15) is 9.18 Å². The van der Waals surface area contributed by atoms with Crippen molar-refractivity contribution in [1.82, 2.24) is 25.3 Å². The highest BCUT2D eigenvalue weighted by molar-refractivity contribution is 7.80. The average Bonchev–Trinajstić information content (AvgIpc) is 3.35. The monoisotopic (exact) mass is 427 g/mol. The number of aryl methyl sites for hydroxylation is 1. The lowest BCUT2D eigenvalue weighted by atomic mass is 9.94. The number of nitrogens with zero attached hydrogens (tertiary/aromatic N) is 3. The number of aromatic amines is 1. The lowest BCUT2D eigenvalue weighted by Crippen LogP contribution is -2.26. The number of rotatable bonds is 9. The number of thiol groups is 1. The zero-order valence-electron chi connectivity index (χ0n) is 16.8. The number of unbranched alkanes of at least 4 members (excludes halogenated alkanes) is 3. The number of H-pyrrole nitrogens is 1. The Hall–Kier alpha value is -2.61. The van der Waals surface area contributed by atoms with Crippen molar-refractivity contribution in [3.05, 3.63) is 58.8 Å². The van der Waals surface area contributed by atoms with Crippen LogP contribution in [0.25, 0.3) is 11.3 Å². The fourth-order valence-electron chi connectivity index (χ4n) is 3.85. The lowest BCUT2D eigenvalue weighted by molar-refractivity contribution is 0.0947. The van der Waals surface area contributed by atoms with Gasteiger partial charge in [0.25, 0.3) is 5.91 Å². The van der Waals surface area contributed by atoms with Gasteiger partial charge in [0.05, 0.1) is 17.9 Å². The van der Waals surface area contributed by atoms with E-state index in [0.29, 0.717) is 18.8 Å². The number of benzene rings is 1. The molecule has 2 aromatic heterocycles. The van der Waals surface area contributed by atoms with Crippen molar-refractivity contribution in [2.75, 3.05) is 12.3 Å². The molecule has 1 aromatic carbocycles. The summed E-state index contributed by atoms with van der Waals surface area (Å²) in [4.78, 5) is 12.6. The first kappa shape index (κ1) is 20.7. The highest BCUT2D eigenvalue weighted by Gasteiger charge is 2.27. The van der Waals surface area contributed by atoms with Crippen LogP contribution in [0.5, 0.6) is 0 Å². The van der Waals surface area contributed by atoms with Crippen molar-refractivity contribution < 1.29 is 9.18 Å². The molecule has 6 nitrogen and oxygen atoms in total. The third-order valence-electron chi connectivity index (χ3n) is 5.43. The first-order valence-electron chi connectivity index (χ1n) is 10.4. The van der Waals surface area contributed by atoms with Crippen molar-refractivity contribution >= 4 is 18.5 Å². The maximum Gasteiger partial charge on any atom is 0.272 e. The molecule has 0 atom stereocenters. The Bertz CT molecular complexity index is 1010. The van der Waals surface area contributed by atoms with Gasteiger partial charge in [0, 0.05) is 23.9 Å². The molecule has 0 radical (unpaired) electrons. The summed E-state index contributed by atoms with van der Waals surface area (Å²) in [6.07, 6.45) is 7.78. The summed E-state index contributed by atoms with van der Waals surface area (Å²) < 4.78 is 15.0. The molecule has 30 heavy (non-hydrogen) atoms. The fourth-order valence-corrected chi connectivity index (χ4v) is 4.07. The van der Waals surface area contributed by atoms with Crippen LogP contribution in [0.4, 0.5) is 4.39 Å². The number of halogens is 1. The lowest BCUT2D eigenvalue weighted by Gasteiger charge is -2.11. The van der Waals surface area contributed by atoms with Crippen molar-refractivity contribution in [2.24, 2.45) is 0 Å². The minimum atomic E-state index is -0.246. The normalized spacial score (nSPS) is 12.5. The molecule has 3 aromatic rings. The topological polar surface area (TPSA) is 75.6 Å². The summed E-state index contributed by atoms with van der Waals surface area (Å²) in [5, 5.41) is 15.0. The van der Waals surface area contributed by atoms with Crippen molar-refractivity contribution in [3.63, 3.8) is 0 Å². The SMILES string of the molecule is O=C(NCCCCCCS)c1n[nH]c2c1CCc1nn(Cc3ccc(F)cc3)cc1-2. The van der Waals surface area contributed by atoms with E-state index in [2.05, 4.69) is 33.2 Å². The molecule has 1 amide bonds. The molecule has 0 fully saturated rings. The van der Waals surface area contributed by atoms with Crippen molar-refractivity contribution in [2.45, 2.75) is 45.1 Å². The quantitative estimate of drug-likeness (QED) is 0.359. The number of hydrogen-bond acceptors (Lipinski definition) is 4. The predicted molar refractivity (Wildman–Crippen MR) is 117 cm³/mol. The second-order valence-electron chi connectivity index (χ2n) is 7.63. The number of carbonyl (C=O) groups is 1. The fraction of sp³-hybridized carbons (Fsp3) is 0.409. The molecule has 0 bridgehead atoms. The molecule has 2 N–H and O–H groups in total. The summed E-state index contributed by atoms with van der Waals surface area (Å²) in [6, 6.07) is 6.44. The molecule has 0 spiro atoms. The summed E-state index contributed by atoms with van der Waals surface area (Å²) in [6.45, 7) is 1.23. The summed E-state index contributed by atoms with van der Waals surface area (Å²) in [5.41, 5.74) is 5.27. The van der Waals surface area contributed by atoms with E-state index in [4.69, 9.17) is 0 Å². The van der Waals surface area contributed by atoms with E-state index >= 15 is 0 Å². The second-order valence-corrected chi connectivity index (χ2v) is 8.08. The maximum atomic E-state index is 13.1. The largest absolute Gasteiger partial charge is 0.351 e. The summed E-state index contributed by atoms with van der Waals surface area (Å²) in [5.74, 6) is 0.543. The molecule has 0 saturated heterocycles. The number of fused-ring (bicyclic) bond motifs is 3. The van der Waals surface area contributed by atoms with Gasteiger partial charge in [0.15, 0.2) is 5.69 Å². The van der Waals surface area contributed by atoms with Crippen molar-refractivity contribution in [1.29, 1.82) is 0 Å². The Kier molecular flexibility index (Phi) is 6.52. The standard InChI is InChI=1S/C22H26FN5OS/c23-16-7-5-15(6-8-16)13-28-14-18-19(27-28)10-9-17-20(18)25-26-21(17)22(29)24-11-3-1-2-4-12-30/h5-8,14,30H,1-4,9-13H2,(H,24,29)(H,25,26). The van der Waals surface area contributed by atoms with Gasteiger partial charge in [-0.2, -0.15) is 22.8 Å². The third-order valence-corrected chi connectivity index (χ3v) is 5.75. The zero-order chi connectivity index (χ0) is 20.9. The maximum absolute atomic E-state index is 13.1. The number of amides is 1. The Morgan fingerprint density at radius 2 is 1.97 bits per heavy atom. The van der Waals surface area contributed by atoms with Gasteiger partial charge in [-0.3, -0.25) is 14.6 Å².